The van der Waals surface area contributed by atoms with Gasteiger partial charge in [-0.25, -0.2) is 4.79 Å². The van der Waals surface area contributed by atoms with Crippen LogP contribution in [0.1, 0.15) is 5.56 Å². The van der Waals surface area contributed by atoms with Crippen molar-refractivity contribution in [3.8, 4) is 0 Å². The van der Waals surface area contributed by atoms with Gasteiger partial charge in [0, 0.05) is 18.8 Å². The number of carbonyl (C=O) groups excluding carboxylic acids is 1. The Bertz CT molecular complexity index is 378. The first-order chi connectivity index (χ1) is 7.83. The fourth-order valence-corrected chi connectivity index (χ4v) is 1.95. The summed E-state index contributed by atoms with van der Waals surface area (Å²) < 4.78 is 0. The summed E-state index contributed by atoms with van der Waals surface area (Å²) in [4.78, 5) is 13.4. The Morgan fingerprint density at radius 1 is 1.44 bits per heavy atom. The number of amides is 2. The van der Waals surface area contributed by atoms with Crippen LogP contribution in [0.3, 0.4) is 0 Å². The summed E-state index contributed by atoms with van der Waals surface area (Å²) in [6.07, 6.45) is 0.941. The first-order valence-corrected chi connectivity index (χ1v) is 5.61. The third-order valence-electron chi connectivity index (χ3n) is 2.78. The van der Waals surface area contributed by atoms with E-state index in [1.165, 1.54) is 5.56 Å². The molecule has 0 unspecified atom stereocenters. The second kappa shape index (κ2) is 4.99. The van der Waals surface area contributed by atoms with Gasteiger partial charge in [-0.2, -0.15) is 0 Å². The molecule has 1 saturated heterocycles. The number of nitrogens with zero attached hydrogens (tertiary/aromatic N) is 1. The van der Waals surface area contributed by atoms with E-state index in [2.05, 4.69) is 16.7 Å². The van der Waals surface area contributed by atoms with Gasteiger partial charge >= 0.3 is 6.03 Å². The molecule has 0 aromatic heterocycles. The SMILES string of the molecule is CNCCc1ccccc1N1CCNC1=O. The molecular weight excluding hydrogens is 202 g/mol. The highest BCUT2D eigenvalue weighted by Crippen LogP contribution is 2.22. The van der Waals surface area contributed by atoms with Crippen LogP contribution >= 0.6 is 0 Å². The number of nitrogens with one attached hydrogen (secondary N) is 2. The number of rotatable bonds is 4. The number of hydrogen-bond donors (Lipinski definition) is 2. The molecule has 86 valence electrons. The van der Waals surface area contributed by atoms with Gasteiger partial charge in [0.1, 0.15) is 0 Å². The molecule has 1 heterocycles. The molecule has 0 aliphatic carbocycles. The molecular formula is C12H17N3O. The number of likely N-dealkylation sites (N-methyl/N-ethyl adjacent to an activating group) is 1. The van der Waals surface area contributed by atoms with Crippen molar-refractivity contribution in [1.82, 2.24) is 10.6 Å². The predicted octanol–water partition coefficient (Wildman–Crippen LogP) is 0.978. The van der Waals surface area contributed by atoms with Gasteiger partial charge in [-0.3, -0.25) is 4.90 Å². The Morgan fingerprint density at radius 3 is 2.94 bits per heavy atom. The second-order valence-corrected chi connectivity index (χ2v) is 3.87. The van der Waals surface area contributed by atoms with Gasteiger partial charge in [0.25, 0.3) is 0 Å². The summed E-state index contributed by atoms with van der Waals surface area (Å²) in [7, 11) is 1.94. The van der Waals surface area contributed by atoms with Crippen LogP contribution < -0.4 is 15.5 Å². The first kappa shape index (κ1) is 11.0. The molecule has 0 bridgehead atoms. The van der Waals surface area contributed by atoms with Crippen molar-refractivity contribution >= 4 is 11.7 Å². The van der Waals surface area contributed by atoms with Crippen molar-refractivity contribution in [3.63, 3.8) is 0 Å². The van der Waals surface area contributed by atoms with Crippen LogP contribution in [0.5, 0.6) is 0 Å². The normalized spacial score (nSPS) is 15.3. The van der Waals surface area contributed by atoms with Gasteiger partial charge in [0.05, 0.1) is 0 Å². The molecule has 2 amide bonds. The van der Waals surface area contributed by atoms with Crippen LogP contribution in [0.2, 0.25) is 0 Å². The molecule has 1 aliphatic rings. The molecule has 4 nitrogen and oxygen atoms in total. The van der Waals surface area contributed by atoms with Crippen molar-refractivity contribution in [2.24, 2.45) is 0 Å². The third-order valence-corrected chi connectivity index (χ3v) is 2.78. The van der Waals surface area contributed by atoms with E-state index in [0.717, 1.165) is 31.7 Å². The van der Waals surface area contributed by atoms with Crippen molar-refractivity contribution in [1.29, 1.82) is 0 Å². The third kappa shape index (κ3) is 2.17. The molecule has 0 spiro atoms. The molecule has 2 rings (SSSR count). The molecule has 0 saturated carbocycles. The van der Waals surface area contributed by atoms with E-state index in [9.17, 15) is 4.79 Å². The summed E-state index contributed by atoms with van der Waals surface area (Å²) in [6.45, 7) is 2.42. The van der Waals surface area contributed by atoms with E-state index in [4.69, 9.17) is 0 Å². The summed E-state index contributed by atoms with van der Waals surface area (Å²) in [6, 6.07) is 8.09. The number of para-hydroxylation sites is 1. The fraction of sp³-hybridized carbons (Fsp3) is 0.417. The average Bonchev–Trinajstić information content (AvgIpc) is 2.73. The number of carbonyl (C=O) groups is 1. The topological polar surface area (TPSA) is 44.4 Å². The molecule has 1 aromatic rings. The minimum Gasteiger partial charge on any atom is -0.336 e. The number of hydrogen-bond acceptors (Lipinski definition) is 2. The monoisotopic (exact) mass is 219 g/mol. The van der Waals surface area contributed by atoms with Crippen LogP contribution in [0, 0.1) is 0 Å². The highest BCUT2D eigenvalue weighted by molar-refractivity contribution is 5.94. The minimum atomic E-state index is 0.0110. The standard InChI is InChI=1S/C12H17N3O/c1-13-7-6-10-4-2-3-5-11(10)15-9-8-14-12(15)16/h2-5,13H,6-9H2,1H3,(H,14,16). The van der Waals surface area contributed by atoms with E-state index in [1.54, 1.807) is 0 Å². The van der Waals surface area contributed by atoms with Gasteiger partial charge in [-0.15, -0.1) is 0 Å². The first-order valence-electron chi connectivity index (χ1n) is 5.61. The average molecular weight is 219 g/mol. The maximum atomic E-state index is 11.6. The molecule has 4 heteroatoms. The number of anilines is 1. The zero-order chi connectivity index (χ0) is 11.4. The lowest BCUT2D eigenvalue weighted by atomic mass is 10.1. The van der Waals surface area contributed by atoms with Crippen LogP contribution in [-0.4, -0.2) is 32.7 Å². The van der Waals surface area contributed by atoms with Crippen molar-refractivity contribution in [3.05, 3.63) is 29.8 Å². The number of benzene rings is 1. The van der Waals surface area contributed by atoms with Gasteiger partial charge < -0.3 is 10.6 Å². The molecule has 0 atom stereocenters. The Labute approximate surface area is 95.6 Å². The molecule has 16 heavy (non-hydrogen) atoms. The van der Waals surface area contributed by atoms with E-state index in [0.29, 0.717) is 0 Å². The quantitative estimate of drug-likeness (QED) is 0.792. The lowest BCUT2D eigenvalue weighted by molar-refractivity contribution is 0.252. The molecule has 2 N–H and O–H groups in total. The summed E-state index contributed by atoms with van der Waals surface area (Å²) in [5.41, 5.74) is 2.25. The van der Waals surface area contributed by atoms with E-state index in [1.807, 2.05) is 30.1 Å². The lowest BCUT2D eigenvalue weighted by Crippen LogP contribution is -2.28. The molecule has 1 aliphatic heterocycles. The highest BCUT2D eigenvalue weighted by Gasteiger charge is 2.22. The number of urea groups is 1. The smallest absolute Gasteiger partial charge is 0.322 e. The van der Waals surface area contributed by atoms with Crippen LogP contribution in [0.15, 0.2) is 24.3 Å². The molecule has 1 aromatic carbocycles. The minimum absolute atomic E-state index is 0.0110. The second-order valence-electron chi connectivity index (χ2n) is 3.87. The van der Waals surface area contributed by atoms with E-state index < -0.39 is 0 Å². The molecule has 0 radical (unpaired) electrons. The maximum absolute atomic E-state index is 11.6. The summed E-state index contributed by atoms with van der Waals surface area (Å²) in [5.74, 6) is 0. The van der Waals surface area contributed by atoms with Gasteiger partial charge in [-0.05, 0) is 31.6 Å². The Kier molecular flexibility index (Phi) is 3.41. The Hall–Kier alpha value is -1.55. The highest BCUT2D eigenvalue weighted by atomic mass is 16.2. The van der Waals surface area contributed by atoms with Crippen LogP contribution in [0.25, 0.3) is 0 Å². The summed E-state index contributed by atoms with van der Waals surface area (Å²) in [5, 5.41) is 5.95. The zero-order valence-corrected chi connectivity index (χ0v) is 9.49. The molecule has 1 fully saturated rings. The maximum Gasteiger partial charge on any atom is 0.322 e. The van der Waals surface area contributed by atoms with E-state index >= 15 is 0 Å². The van der Waals surface area contributed by atoms with Gasteiger partial charge in [-0.1, -0.05) is 18.2 Å². The predicted molar refractivity (Wildman–Crippen MR) is 64.8 cm³/mol. The van der Waals surface area contributed by atoms with Crippen molar-refractivity contribution < 1.29 is 4.79 Å². The zero-order valence-electron chi connectivity index (χ0n) is 9.49. The van der Waals surface area contributed by atoms with Crippen molar-refractivity contribution in [2.45, 2.75) is 6.42 Å². The van der Waals surface area contributed by atoms with Gasteiger partial charge in [0.2, 0.25) is 0 Å². The van der Waals surface area contributed by atoms with Crippen molar-refractivity contribution in [2.75, 3.05) is 31.6 Å². The fourth-order valence-electron chi connectivity index (χ4n) is 1.95. The largest absolute Gasteiger partial charge is 0.336 e. The Balaban J connectivity index is 2.21. The summed E-state index contributed by atoms with van der Waals surface area (Å²) >= 11 is 0. The Morgan fingerprint density at radius 2 is 2.25 bits per heavy atom. The van der Waals surface area contributed by atoms with E-state index in [-0.39, 0.29) is 6.03 Å². The van der Waals surface area contributed by atoms with Crippen LogP contribution in [-0.2, 0) is 6.42 Å². The lowest BCUT2D eigenvalue weighted by Gasteiger charge is -2.18. The van der Waals surface area contributed by atoms with Crippen LogP contribution in [0.4, 0.5) is 10.5 Å². The van der Waals surface area contributed by atoms with Gasteiger partial charge in [0.15, 0.2) is 0 Å².